The van der Waals surface area contributed by atoms with Gasteiger partial charge in [0.25, 0.3) is 0 Å². The molecule has 0 unspecified atom stereocenters. The summed E-state index contributed by atoms with van der Waals surface area (Å²) in [5, 5.41) is 0. The molecule has 1 fully saturated rings. The van der Waals surface area contributed by atoms with Crippen LogP contribution >= 0.6 is 0 Å². The van der Waals surface area contributed by atoms with E-state index in [1.807, 2.05) is 13.8 Å². The van der Waals surface area contributed by atoms with E-state index in [4.69, 9.17) is 9.47 Å². The third-order valence-electron chi connectivity index (χ3n) is 4.62. The number of ether oxygens (including phenoxy) is 2. The lowest BCUT2D eigenvalue weighted by Crippen LogP contribution is -2.29. The highest BCUT2D eigenvalue weighted by Crippen LogP contribution is 2.30. The third kappa shape index (κ3) is 8.70. The van der Waals surface area contributed by atoms with Gasteiger partial charge in [0.1, 0.15) is 0 Å². The van der Waals surface area contributed by atoms with Crippen LogP contribution in [0.4, 0.5) is 0 Å². The standard InChI is InChI=1S/C20H36O4/c1-15(2)8-6-5-7-13-23-19(21)17-9-11-18(12-10-17)20(22)24-14-16(3)4/h15-18H,5-14H2,1-4H3. The molecular weight excluding hydrogens is 304 g/mol. The lowest BCUT2D eigenvalue weighted by atomic mass is 9.82. The lowest BCUT2D eigenvalue weighted by Gasteiger charge is -2.26. The smallest absolute Gasteiger partial charge is 0.308 e. The normalized spacial score (nSPS) is 21.1. The molecule has 0 spiro atoms. The fraction of sp³-hybridized carbons (Fsp3) is 0.900. The van der Waals surface area contributed by atoms with Crippen LogP contribution in [0.25, 0.3) is 0 Å². The molecule has 0 atom stereocenters. The van der Waals surface area contributed by atoms with Crippen molar-refractivity contribution in [3.8, 4) is 0 Å². The molecule has 1 saturated carbocycles. The van der Waals surface area contributed by atoms with Crippen LogP contribution in [0.1, 0.15) is 79.1 Å². The van der Waals surface area contributed by atoms with E-state index < -0.39 is 0 Å². The molecule has 0 saturated heterocycles. The number of carbonyl (C=O) groups is 2. The zero-order valence-corrected chi connectivity index (χ0v) is 16.0. The van der Waals surface area contributed by atoms with Crippen molar-refractivity contribution >= 4 is 11.9 Å². The van der Waals surface area contributed by atoms with Gasteiger partial charge in [0, 0.05) is 0 Å². The first kappa shape index (κ1) is 21.0. The molecule has 0 aromatic heterocycles. The maximum absolute atomic E-state index is 12.1. The first-order valence-corrected chi connectivity index (χ1v) is 9.73. The van der Waals surface area contributed by atoms with Crippen LogP contribution in [0.15, 0.2) is 0 Å². The molecule has 1 aliphatic carbocycles. The van der Waals surface area contributed by atoms with Gasteiger partial charge >= 0.3 is 11.9 Å². The van der Waals surface area contributed by atoms with Crippen molar-refractivity contribution in [2.24, 2.45) is 23.7 Å². The monoisotopic (exact) mass is 340 g/mol. The van der Waals surface area contributed by atoms with Crippen LogP contribution in [0, 0.1) is 23.7 Å². The van der Waals surface area contributed by atoms with Gasteiger partial charge < -0.3 is 9.47 Å². The Bertz CT molecular complexity index is 368. The molecule has 0 aromatic carbocycles. The highest BCUT2D eigenvalue weighted by molar-refractivity contribution is 5.75. The Morgan fingerprint density at radius 2 is 1.33 bits per heavy atom. The summed E-state index contributed by atoms with van der Waals surface area (Å²) in [7, 11) is 0. The average molecular weight is 341 g/mol. The summed E-state index contributed by atoms with van der Waals surface area (Å²) in [6.07, 6.45) is 7.50. The first-order valence-electron chi connectivity index (χ1n) is 9.73. The number of unbranched alkanes of at least 4 members (excludes halogenated alkanes) is 2. The van der Waals surface area contributed by atoms with Gasteiger partial charge in [0.15, 0.2) is 0 Å². The minimum Gasteiger partial charge on any atom is -0.465 e. The van der Waals surface area contributed by atoms with Gasteiger partial charge in [0.2, 0.25) is 0 Å². The summed E-state index contributed by atoms with van der Waals surface area (Å²) in [4.78, 5) is 24.1. The highest BCUT2D eigenvalue weighted by Gasteiger charge is 2.31. The number of rotatable bonds is 10. The van der Waals surface area contributed by atoms with Crippen molar-refractivity contribution in [3.05, 3.63) is 0 Å². The summed E-state index contributed by atoms with van der Waals surface area (Å²) < 4.78 is 10.7. The molecule has 0 aliphatic heterocycles. The van der Waals surface area contributed by atoms with Gasteiger partial charge in [-0.1, -0.05) is 47.0 Å². The third-order valence-corrected chi connectivity index (χ3v) is 4.62. The maximum atomic E-state index is 12.1. The Balaban J connectivity index is 2.13. The topological polar surface area (TPSA) is 52.6 Å². The predicted molar refractivity (Wildman–Crippen MR) is 95.5 cm³/mol. The molecule has 24 heavy (non-hydrogen) atoms. The van der Waals surface area contributed by atoms with E-state index in [1.165, 1.54) is 12.8 Å². The molecule has 0 radical (unpaired) electrons. The molecule has 0 heterocycles. The van der Waals surface area contributed by atoms with Gasteiger partial charge in [-0.25, -0.2) is 0 Å². The van der Waals surface area contributed by atoms with Crippen molar-refractivity contribution in [1.29, 1.82) is 0 Å². The molecule has 0 bridgehead atoms. The van der Waals surface area contributed by atoms with Gasteiger partial charge in [0.05, 0.1) is 25.0 Å². The minimum absolute atomic E-state index is 0.0326. The van der Waals surface area contributed by atoms with Crippen molar-refractivity contribution < 1.29 is 19.1 Å². The van der Waals surface area contributed by atoms with E-state index in [2.05, 4.69) is 13.8 Å². The molecule has 1 rings (SSSR count). The fourth-order valence-corrected chi connectivity index (χ4v) is 3.05. The largest absolute Gasteiger partial charge is 0.465 e. The molecule has 0 N–H and O–H groups in total. The quantitative estimate of drug-likeness (QED) is 0.425. The van der Waals surface area contributed by atoms with Crippen LogP contribution in [0.2, 0.25) is 0 Å². The number of hydrogen-bond donors (Lipinski definition) is 0. The summed E-state index contributed by atoms with van der Waals surface area (Å²) in [6, 6.07) is 0. The van der Waals surface area contributed by atoms with Gasteiger partial charge in [-0.05, 0) is 43.9 Å². The van der Waals surface area contributed by atoms with Crippen LogP contribution in [-0.4, -0.2) is 25.2 Å². The van der Waals surface area contributed by atoms with Crippen molar-refractivity contribution in [1.82, 2.24) is 0 Å². The van der Waals surface area contributed by atoms with E-state index in [9.17, 15) is 9.59 Å². The van der Waals surface area contributed by atoms with Crippen LogP contribution < -0.4 is 0 Å². The number of hydrogen-bond acceptors (Lipinski definition) is 4. The number of esters is 2. The second-order valence-corrected chi connectivity index (χ2v) is 7.98. The Hall–Kier alpha value is -1.06. The molecule has 1 aliphatic rings. The first-order chi connectivity index (χ1) is 11.4. The van der Waals surface area contributed by atoms with Crippen LogP contribution in [0.5, 0.6) is 0 Å². The SMILES string of the molecule is CC(C)CCCCCOC(=O)C1CCC(C(=O)OCC(C)C)CC1. The van der Waals surface area contributed by atoms with Crippen molar-refractivity contribution in [3.63, 3.8) is 0 Å². The van der Waals surface area contributed by atoms with E-state index in [-0.39, 0.29) is 23.8 Å². The van der Waals surface area contributed by atoms with E-state index in [1.54, 1.807) is 0 Å². The molecular formula is C20H36O4. The lowest BCUT2D eigenvalue weighted by molar-refractivity contribution is -0.155. The predicted octanol–water partition coefficient (Wildman–Crippen LogP) is 4.75. The second-order valence-electron chi connectivity index (χ2n) is 7.98. The second kappa shape index (κ2) is 11.5. The van der Waals surface area contributed by atoms with Gasteiger partial charge in [-0.15, -0.1) is 0 Å². The summed E-state index contributed by atoms with van der Waals surface area (Å²) in [6.45, 7) is 9.54. The van der Waals surface area contributed by atoms with E-state index in [0.29, 0.717) is 19.1 Å². The average Bonchev–Trinajstić information content (AvgIpc) is 2.55. The molecule has 140 valence electrons. The fourth-order valence-electron chi connectivity index (χ4n) is 3.05. The Morgan fingerprint density at radius 1 is 0.792 bits per heavy atom. The van der Waals surface area contributed by atoms with Gasteiger partial charge in [-0.2, -0.15) is 0 Å². The van der Waals surface area contributed by atoms with E-state index >= 15 is 0 Å². The van der Waals surface area contributed by atoms with Crippen molar-refractivity contribution in [2.75, 3.05) is 13.2 Å². The number of carbonyl (C=O) groups excluding carboxylic acids is 2. The molecule has 0 amide bonds. The minimum atomic E-state index is -0.0966. The molecule has 4 nitrogen and oxygen atoms in total. The zero-order valence-electron chi connectivity index (χ0n) is 16.0. The molecule has 0 aromatic rings. The Kier molecular flexibility index (Phi) is 10.0. The Morgan fingerprint density at radius 3 is 1.83 bits per heavy atom. The maximum Gasteiger partial charge on any atom is 0.308 e. The van der Waals surface area contributed by atoms with Gasteiger partial charge in [-0.3, -0.25) is 9.59 Å². The van der Waals surface area contributed by atoms with E-state index in [0.717, 1.165) is 44.4 Å². The summed E-state index contributed by atoms with van der Waals surface area (Å²) in [5.74, 6) is 0.864. The Labute approximate surface area is 147 Å². The highest BCUT2D eigenvalue weighted by atomic mass is 16.5. The zero-order chi connectivity index (χ0) is 17.9. The summed E-state index contributed by atoms with van der Waals surface area (Å²) >= 11 is 0. The van der Waals surface area contributed by atoms with Crippen molar-refractivity contribution in [2.45, 2.75) is 79.1 Å². The van der Waals surface area contributed by atoms with Crippen LogP contribution in [0.3, 0.4) is 0 Å². The van der Waals surface area contributed by atoms with Crippen LogP contribution in [-0.2, 0) is 19.1 Å². The molecule has 4 heteroatoms. The summed E-state index contributed by atoms with van der Waals surface area (Å²) in [5.41, 5.74) is 0.